The summed E-state index contributed by atoms with van der Waals surface area (Å²) in [6.07, 6.45) is 11.3. The van der Waals surface area contributed by atoms with Gasteiger partial charge in [0.2, 0.25) is 5.91 Å². The Labute approximate surface area is 158 Å². The molecule has 0 aliphatic heterocycles. The van der Waals surface area contributed by atoms with Gasteiger partial charge in [0.1, 0.15) is 5.97 Å². The molecule has 0 radical (unpaired) electrons. The second-order valence-corrected chi connectivity index (χ2v) is 7.98. The smallest absolute Gasteiger partial charge is 0.220 e. The molecule has 26 heavy (non-hydrogen) atoms. The lowest BCUT2D eigenvalue weighted by atomic mass is 10.1. The van der Waals surface area contributed by atoms with E-state index < -0.39 is 17.8 Å². The number of unbranched alkanes of at least 4 members (excludes halogenated alkanes) is 8. The van der Waals surface area contributed by atoms with Crippen molar-refractivity contribution >= 4 is 17.7 Å². The van der Waals surface area contributed by atoms with Crippen molar-refractivity contribution < 1.29 is 24.0 Å². The van der Waals surface area contributed by atoms with E-state index in [-0.39, 0.29) is 23.4 Å². The lowest BCUT2D eigenvalue weighted by molar-refractivity contribution is -0.880. The Morgan fingerprint density at radius 1 is 0.846 bits per heavy atom. The van der Waals surface area contributed by atoms with E-state index in [1.165, 1.54) is 38.5 Å². The number of carboxylic acid groups (broad SMARTS) is 1. The fourth-order valence-electron chi connectivity index (χ4n) is 3.03. The zero-order chi connectivity index (χ0) is 20.0. The predicted molar refractivity (Wildman–Crippen MR) is 101 cm³/mol. The van der Waals surface area contributed by atoms with Crippen LogP contribution in [0.1, 0.15) is 77.6 Å². The van der Waals surface area contributed by atoms with Gasteiger partial charge in [-0.1, -0.05) is 58.3 Å². The molecule has 0 saturated heterocycles. The average Bonchev–Trinajstić information content (AvgIpc) is 2.51. The fourth-order valence-corrected chi connectivity index (χ4v) is 3.03. The molecule has 0 aromatic heterocycles. The summed E-state index contributed by atoms with van der Waals surface area (Å²) in [5.74, 6) is -1.86. The van der Waals surface area contributed by atoms with Crippen molar-refractivity contribution in [2.75, 3.05) is 27.7 Å². The van der Waals surface area contributed by atoms with Crippen molar-refractivity contribution in [3.05, 3.63) is 0 Å². The summed E-state index contributed by atoms with van der Waals surface area (Å²) in [5, 5.41) is 13.9. The van der Waals surface area contributed by atoms with Gasteiger partial charge in [-0.3, -0.25) is 9.59 Å². The number of nitrogens with zero attached hydrogens (tertiary/aromatic N) is 1. The van der Waals surface area contributed by atoms with Crippen molar-refractivity contribution in [1.29, 1.82) is 0 Å². The van der Waals surface area contributed by atoms with Gasteiger partial charge in [0.05, 0.1) is 21.1 Å². The molecule has 0 fully saturated rings. The lowest BCUT2D eigenvalue weighted by Gasteiger charge is -2.33. The van der Waals surface area contributed by atoms with Gasteiger partial charge in [0, 0.05) is 19.4 Å². The topological polar surface area (TPSA) is 86.3 Å². The first-order valence-corrected chi connectivity index (χ1v) is 10.0. The Kier molecular flexibility index (Phi) is 13.0. The van der Waals surface area contributed by atoms with E-state index in [4.69, 9.17) is 0 Å². The normalized spacial score (nSPS) is 12.6. The van der Waals surface area contributed by atoms with Crippen LogP contribution in [0.2, 0.25) is 0 Å². The molecular formula is C20H38N2O4. The first kappa shape index (κ1) is 24.6. The number of ketones is 1. The van der Waals surface area contributed by atoms with Crippen LogP contribution in [0.4, 0.5) is 0 Å². The van der Waals surface area contributed by atoms with Crippen molar-refractivity contribution in [2.24, 2.45) is 0 Å². The minimum Gasteiger partial charge on any atom is -0.544 e. The molecule has 1 unspecified atom stereocenters. The molecule has 6 nitrogen and oxygen atoms in total. The molecular weight excluding hydrogens is 332 g/mol. The van der Waals surface area contributed by atoms with Gasteiger partial charge in [-0.25, -0.2) is 0 Å². The number of Topliss-reactive ketones (excluding diaryl/α,β-unsaturated/α-hetero) is 1. The Balaban J connectivity index is 3.77. The van der Waals surface area contributed by atoms with E-state index in [0.29, 0.717) is 6.42 Å². The SMILES string of the molecule is CCCCCCCCCCCC(=O)NCCC(=O)C(C(=O)[O-])[N+](C)(C)C. The van der Waals surface area contributed by atoms with E-state index in [1.54, 1.807) is 21.1 Å². The number of carbonyl (C=O) groups is 3. The highest BCUT2D eigenvalue weighted by Gasteiger charge is 2.32. The number of quaternary nitrogens is 1. The number of hydrogen-bond donors (Lipinski definition) is 1. The average molecular weight is 371 g/mol. The lowest BCUT2D eigenvalue weighted by Crippen LogP contribution is -2.59. The maximum atomic E-state index is 12.1. The molecule has 6 heteroatoms. The van der Waals surface area contributed by atoms with Gasteiger partial charge in [0.25, 0.3) is 0 Å². The third-order valence-electron chi connectivity index (χ3n) is 4.50. The molecule has 0 heterocycles. The number of hydrogen-bond acceptors (Lipinski definition) is 4. The van der Waals surface area contributed by atoms with Gasteiger partial charge in [0.15, 0.2) is 11.8 Å². The third kappa shape index (κ3) is 12.0. The van der Waals surface area contributed by atoms with Crippen LogP contribution < -0.4 is 10.4 Å². The van der Waals surface area contributed by atoms with Crippen molar-refractivity contribution in [3.63, 3.8) is 0 Å². The zero-order valence-electron chi connectivity index (χ0n) is 17.1. The molecule has 1 N–H and O–H groups in total. The maximum Gasteiger partial charge on any atom is 0.220 e. The summed E-state index contributed by atoms with van der Waals surface area (Å²) in [6, 6.07) is -1.20. The summed E-state index contributed by atoms with van der Waals surface area (Å²) in [5.41, 5.74) is 0. The molecule has 0 spiro atoms. The largest absolute Gasteiger partial charge is 0.544 e. The third-order valence-corrected chi connectivity index (χ3v) is 4.50. The molecule has 0 aliphatic carbocycles. The first-order chi connectivity index (χ1) is 12.2. The monoisotopic (exact) mass is 370 g/mol. The Bertz CT molecular complexity index is 430. The van der Waals surface area contributed by atoms with Gasteiger partial charge >= 0.3 is 0 Å². The summed E-state index contributed by atoms with van der Waals surface area (Å²) in [6.45, 7) is 2.39. The van der Waals surface area contributed by atoms with Gasteiger partial charge < -0.3 is 19.7 Å². The van der Waals surface area contributed by atoms with E-state index >= 15 is 0 Å². The summed E-state index contributed by atoms with van der Waals surface area (Å²) >= 11 is 0. The van der Waals surface area contributed by atoms with Crippen molar-refractivity contribution in [1.82, 2.24) is 5.32 Å². The Morgan fingerprint density at radius 3 is 1.81 bits per heavy atom. The maximum absolute atomic E-state index is 12.1. The van der Waals surface area contributed by atoms with Crippen LogP contribution in [0.25, 0.3) is 0 Å². The zero-order valence-corrected chi connectivity index (χ0v) is 17.1. The van der Waals surface area contributed by atoms with Crippen LogP contribution in [0.15, 0.2) is 0 Å². The van der Waals surface area contributed by atoms with Gasteiger partial charge in [-0.2, -0.15) is 0 Å². The molecule has 0 aromatic rings. The first-order valence-electron chi connectivity index (χ1n) is 10.0. The minimum atomic E-state index is -1.37. The number of amides is 1. The van der Waals surface area contributed by atoms with Crippen LogP contribution in [0.3, 0.4) is 0 Å². The molecule has 0 aromatic carbocycles. The highest BCUT2D eigenvalue weighted by atomic mass is 16.4. The second kappa shape index (κ2) is 13.7. The Morgan fingerprint density at radius 2 is 1.35 bits per heavy atom. The van der Waals surface area contributed by atoms with Crippen LogP contribution >= 0.6 is 0 Å². The molecule has 0 aliphatic rings. The van der Waals surface area contributed by atoms with E-state index in [9.17, 15) is 19.5 Å². The number of rotatable bonds is 16. The van der Waals surface area contributed by atoms with Crippen LogP contribution in [0.5, 0.6) is 0 Å². The molecule has 0 rings (SSSR count). The molecule has 1 amide bonds. The minimum absolute atomic E-state index is 0.0116. The highest BCUT2D eigenvalue weighted by Crippen LogP contribution is 2.10. The molecule has 0 saturated carbocycles. The quantitative estimate of drug-likeness (QED) is 0.255. The van der Waals surface area contributed by atoms with E-state index in [1.807, 2.05) is 0 Å². The number of likely N-dealkylation sites (N-methyl/N-ethyl adjacent to an activating group) is 1. The van der Waals surface area contributed by atoms with Crippen LogP contribution in [-0.4, -0.2) is 55.9 Å². The number of carbonyl (C=O) groups excluding carboxylic acids is 3. The van der Waals surface area contributed by atoms with Gasteiger partial charge in [-0.05, 0) is 6.42 Å². The standard InChI is InChI=1S/C20H38N2O4/c1-5-6-7-8-9-10-11-12-13-14-18(24)21-16-15-17(23)19(20(25)26)22(2,3)4/h19H,5-16H2,1-4H3,(H-,21,24,25,26). The second-order valence-electron chi connectivity index (χ2n) is 7.98. The molecule has 0 bridgehead atoms. The summed E-state index contributed by atoms with van der Waals surface area (Å²) in [4.78, 5) is 35.0. The highest BCUT2D eigenvalue weighted by molar-refractivity contribution is 6.00. The number of carboxylic acids is 1. The number of aliphatic carboxylic acids is 1. The Hall–Kier alpha value is -1.43. The fraction of sp³-hybridized carbons (Fsp3) is 0.850. The summed E-state index contributed by atoms with van der Waals surface area (Å²) in [7, 11) is 4.92. The number of nitrogens with one attached hydrogen (secondary N) is 1. The molecule has 1 atom stereocenters. The van der Waals surface area contributed by atoms with E-state index in [2.05, 4.69) is 12.2 Å². The van der Waals surface area contributed by atoms with Crippen molar-refractivity contribution in [3.8, 4) is 0 Å². The van der Waals surface area contributed by atoms with Gasteiger partial charge in [-0.15, -0.1) is 0 Å². The summed E-state index contributed by atoms with van der Waals surface area (Å²) < 4.78 is -0.0203. The predicted octanol–water partition coefficient (Wildman–Crippen LogP) is 1.81. The van der Waals surface area contributed by atoms with E-state index in [0.717, 1.165) is 19.3 Å². The molecule has 152 valence electrons. The van der Waals surface area contributed by atoms with Crippen LogP contribution in [-0.2, 0) is 14.4 Å². The van der Waals surface area contributed by atoms with Crippen molar-refractivity contribution in [2.45, 2.75) is 83.6 Å². The van der Waals surface area contributed by atoms with Crippen LogP contribution in [0, 0.1) is 0 Å².